The fourth-order valence-electron chi connectivity index (χ4n) is 2.07. The van der Waals surface area contributed by atoms with Crippen molar-refractivity contribution < 1.29 is 60.9 Å². The molecule has 0 saturated carbocycles. The van der Waals surface area contributed by atoms with E-state index >= 15 is 0 Å². The maximum absolute atomic E-state index is 12.9. The maximum atomic E-state index is 12.9. The third kappa shape index (κ3) is 4.63. The summed E-state index contributed by atoms with van der Waals surface area (Å²) in [5.74, 6) is -1.06. The smallest absolute Gasteiger partial charge is 0.860 e. The molecular weight excluding hydrogens is 314 g/mol. The number of nitrogens with zero attached hydrogens (tertiary/aromatic N) is 1. The third-order valence-corrected chi connectivity index (χ3v) is 3.27. The van der Waals surface area contributed by atoms with Gasteiger partial charge in [-0.1, -0.05) is 25.5 Å². The van der Waals surface area contributed by atoms with Gasteiger partial charge in [-0.25, -0.2) is 9.18 Å². The van der Waals surface area contributed by atoms with E-state index < -0.39 is 17.1 Å². The predicted octanol–water partition coefficient (Wildman–Crippen LogP) is -1.86. The van der Waals surface area contributed by atoms with Crippen molar-refractivity contribution in [3.63, 3.8) is 0 Å². The molecule has 1 N–H and O–H groups in total. The molecule has 2 rings (SSSR count). The second kappa shape index (κ2) is 8.78. The number of aromatic nitrogens is 2. The van der Waals surface area contributed by atoms with Crippen LogP contribution in [-0.4, -0.2) is 9.55 Å². The molecule has 0 unspecified atom stereocenters. The second-order valence-electron chi connectivity index (χ2n) is 4.85. The molecule has 112 valence electrons. The van der Waals surface area contributed by atoms with Crippen LogP contribution in [0.3, 0.4) is 0 Å². The van der Waals surface area contributed by atoms with Gasteiger partial charge in [0.2, 0.25) is 0 Å². The predicted molar refractivity (Wildman–Crippen MR) is 74.9 cm³/mol. The zero-order valence-corrected chi connectivity index (χ0v) is 15.8. The Morgan fingerprint density at radius 1 is 1.23 bits per heavy atom. The van der Waals surface area contributed by atoms with E-state index in [-0.39, 0.29) is 75.7 Å². The van der Waals surface area contributed by atoms with Crippen LogP contribution in [0.15, 0.2) is 33.9 Å². The van der Waals surface area contributed by atoms with E-state index in [0.29, 0.717) is 12.0 Å². The van der Waals surface area contributed by atoms with Crippen molar-refractivity contribution in [2.75, 3.05) is 0 Å². The number of H-pyrrole nitrogens is 1. The van der Waals surface area contributed by atoms with Crippen molar-refractivity contribution in [3.8, 4) is 5.88 Å². The molecule has 1 aromatic carbocycles. The molecule has 0 aliphatic carbocycles. The van der Waals surface area contributed by atoms with Gasteiger partial charge in [-0.05, 0) is 30.0 Å². The van der Waals surface area contributed by atoms with Gasteiger partial charge in [-0.15, -0.1) is 0 Å². The molecule has 0 saturated heterocycles. The Hall–Kier alpha value is -0.734. The van der Waals surface area contributed by atoms with Gasteiger partial charge < -0.3 is 10.1 Å². The van der Waals surface area contributed by atoms with E-state index in [2.05, 4.69) is 4.98 Å². The van der Waals surface area contributed by atoms with Crippen molar-refractivity contribution in [2.24, 2.45) is 0 Å². The van der Waals surface area contributed by atoms with Gasteiger partial charge in [-0.2, -0.15) is 0 Å². The molecule has 0 atom stereocenters. The molecule has 0 aliphatic rings. The molecule has 1 aromatic heterocycles. The van der Waals surface area contributed by atoms with Gasteiger partial charge in [-0.3, -0.25) is 9.36 Å². The summed E-state index contributed by atoms with van der Waals surface area (Å²) >= 11 is 0. The first-order valence-corrected chi connectivity index (χ1v) is 6.80. The number of halogens is 1. The van der Waals surface area contributed by atoms with Gasteiger partial charge in [0.25, 0.3) is 5.56 Å². The Labute approximate surface area is 169 Å². The van der Waals surface area contributed by atoms with Crippen LogP contribution in [0.1, 0.15) is 30.9 Å². The first kappa shape index (κ1) is 19.3. The largest absolute Gasteiger partial charge is 1.00 e. The van der Waals surface area contributed by atoms with E-state index in [1.165, 1.54) is 24.3 Å². The van der Waals surface area contributed by atoms with Gasteiger partial charge in [0.15, 0.2) is 0 Å². The SMILES string of the molecule is CCCCn1c(=O)[nH]c([O-])c(Cc2ccc(F)cc2)c1=O.[K+]. The van der Waals surface area contributed by atoms with Crippen LogP contribution in [0.4, 0.5) is 4.39 Å². The average molecular weight is 330 g/mol. The summed E-state index contributed by atoms with van der Waals surface area (Å²) in [6.07, 6.45) is 1.58. The van der Waals surface area contributed by atoms with E-state index in [1.807, 2.05) is 6.92 Å². The standard InChI is InChI=1S/C15H17FN2O3.K/c1-2-3-8-18-14(20)12(13(19)17-15(18)21)9-10-4-6-11(16)7-5-10;/h4-7,19H,2-3,8-9H2,1H3,(H,17,21);/q;+1/p-1. The number of aromatic amines is 1. The van der Waals surface area contributed by atoms with E-state index in [1.54, 1.807) is 0 Å². The van der Waals surface area contributed by atoms with E-state index in [9.17, 15) is 19.1 Å². The number of hydrogen-bond donors (Lipinski definition) is 1. The van der Waals surface area contributed by atoms with Crippen LogP contribution >= 0.6 is 0 Å². The second-order valence-corrected chi connectivity index (χ2v) is 4.85. The number of hydrogen-bond acceptors (Lipinski definition) is 3. The van der Waals surface area contributed by atoms with Crippen LogP contribution in [0.2, 0.25) is 0 Å². The van der Waals surface area contributed by atoms with Crippen LogP contribution in [0.25, 0.3) is 0 Å². The molecule has 1 heterocycles. The van der Waals surface area contributed by atoms with Crippen LogP contribution in [0, 0.1) is 5.82 Å². The Bertz CT molecular complexity index is 738. The van der Waals surface area contributed by atoms with Crippen molar-refractivity contribution >= 4 is 0 Å². The zero-order chi connectivity index (χ0) is 15.4. The fraction of sp³-hybridized carbons (Fsp3) is 0.333. The topological polar surface area (TPSA) is 77.9 Å². The van der Waals surface area contributed by atoms with Crippen molar-refractivity contribution in [2.45, 2.75) is 32.7 Å². The molecular formula is C15H16FKN2O3. The quantitative estimate of drug-likeness (QED) is 0.654. The van der Waals surface area contributed by atoms with Gasteiger partial charge >= 0.3 is 57.1 Å². The minimum Gasteiger partial charge on any atom is -0.860 e. The van der Waals surface area contributed by atoms with Crippen LogP contribution in [0.5, 0.6) is 5.88 Å². The summed E-state index contributed by atoms with van der Waals surface area (Å²) in [6.45, 7) is 2.22. The number of nitrogens with one attached hydrogen (secondary N) is 1. The van der Waals surface area contributed by atoms with E-state index in [4.69, 9.17) is 0 Å². The van der Waals surface area contributed by atoms with Gasteiger partial charge in [0.05, 0.1) is 0 Å². The summed E-state index contributed by atoms with van der Waals surface area (Å²) in [4.78, 5) is 26.1. The molecule has 0 bridgehead atoms. The molecule has 0 amide bonds. The third-order valence-electron chi connectivity index (χ3n) is 3.27. The molecule has 5 nitrogen and oxygen atoms in total. The Morgan fingerprint density at radius 3 is 2.45 bits per heavy atom. The molecule has 22 heavy (non-hydrogen) atoms. The van der Waals surface area contributed by atoms with Gasteiger partial charge in [0.1, 0.15) is 5.82 Å². The fourth-order valence-corrected chi connectivity index (χ4v) is 2.07. The normalized spacial score (nSPS) is 10.3. The Kier molecular flexibility index (Phi) is 7.71. The summed E-state index contributed by atoms with van der Waals surface area (Å²) < 4.78 is 13.9. The molecule has 2 aromatic rings. The minimum absolute atomic E-state index is 0. The molecule has 0 spiro atoms. The Morgan fingerprint density at radius 2 is 1.86 bits per heavy atom. The number of rotatable bonds is 5. The molecule has 7 heteroatoms. The van der Waals surface area contributed by atoms with E-state index in [0.717, 1.165) is 11.0 Å². The number of unbranched alkanes of at least 4 members (excludes halogenated alkanes) is 1. The van der Waals surface area contributed by atoms with Crippen LogP contribution in [-0.2, 0) is 13.0 Å². The zero-order valence-electron chi connectivity index (χ0n) is 12.7. The Balaban J connectivity index is 0.00000242. The van der Waals surface area contributed by atoms with Crippen LogP contribution < -0.4 is 67.7 Å². The first-order valence-electron chi connectivity index (χ1n) is 6.80. The minimum atomic E-state index is -0.679. The van der Waals surface area contributed by atoms with Crippen molar-refractivity contribution in [3.05, 3.63) is 62.0 Å². The summed E-state index contributed by atoms with van der Waals surface area (Å²) in [7, 11) is 0. The van der Waals surface area contributed by atoms with Crippen molar-refractivity contribution in [1.29, 1.82) is 0 Å². The van der Waals surface area contributed by atoms with Crippen molar-refractivity contribution in [1.82, 2.24) is 9.55 Å². The molecule has 0 radical (unpaired) electrons. The van der Waals surface area contributed by atoms with Gasteiger partial charge in [0, 0.05) is 18.5 Å². The summed E-state index contributed by atoms with van der Waals surface area (Å²) in [5.41, 5.74) is -0.611. The maximum Gasteiger partial charge on any atom is 1.00 e. The molecule has 0 aliphatic heterocycles. The average Bonchev–Trinajstić information content (AvgIpc) is 2.45. The summed E-state index contributed by atoms with van der Waals surface area (Å²) in [5, 5.41) is 11.8. The molecule has 0 fully saturated rings. The monoisotopic (exact) mass is 330 g/mol. The number of benzene rings is 1. The first-order chi connectivity index (χ1) is 10.0. The summed E-state index contributed by atoms with van der Waals surface area (Å²) in [6, 6.07) is 5.55.